The third-order valence-electron chi connectivity index (χ3n) is 5.23. The molecule has 4 rings (SSSR count). The van der Waals surface area contributed by atoms with Crippen molar-refractivity contribution in [1.82, 2.24) is 5.32 Å². The van der Waals surface area contributed by atoms with E-state index < -0.39 is 29.4 Å². The summed E-state index contributed by atoms with van der Waals surface area (Å²) in [7, 11) is 0. The Labute approximate surface area is 186 Å². The highest BCUT2D eigenvalue weighted by molar-refractivity contribution is 6.30. The number of amides is 3. The predicted molar refractivity (Wildman–Crippen MR) is 110 cm³/mol. The van der Waals surface area contributed by atoms with Crippen LogP contribution in [0.15, 0.2) is 30.3 Å². The number of nitrogens with zero attached hydrogens (tertiary/aromatic N) is 1. The molecule has 0 bridgehead atoms. The minimum atomic E-state index is -2.44. The molecule has 2 aliphatic rings. The second kappa shape index (κ2) is 8.36. The van der Waals surface area contributed by atoms with Gasteiger partial charge in [-0.2, -0.15) is 0 Å². The van der Waals surface area contributed by atoms with E-state index in [1.165, 1.54) is 6.07 Å². The summed E-state index contributed by atoms with van der Waals surface area (Å²) >= 11 is 5.76. The molecule has 2 aliphatic heterocycles. The van der Waals surface area contributed by atoms with Crippen molar-refractivity contribution in [3.63, 3.8) is 0 Å². The SMILES string of the molecule is O=C1CCc2cc(N3CC[C@](O)(OC(=O)NCc4cc(F)cc(Cl)c4)C3=O)cc(F)c2N1. The monoisotopic (exact) mass is 465 g/mol. The van der Waals surface area contributed by atoms with Gasteiger partial charge in [0.15, 0.2) is 0 Å². The fourth-order valence-corrected chi connectivity index (χ4v) is 3.94. The second-order valence-corrected chi connectivity index (χ2v) is 7.96. The van der Waals surface area contributed by atoms with E-state index in [2.05, 4.69) is 10.6 Å². The van der Waals surface area contributed by atoms with Crippen molar-refractivity contribution in [1.29, 1.82) is 0 Å². The Hall–Kier alpha value is -3.24. The molecule has 1 saturated heterocycles. The minimum Gasteiger partial charge on any atom is -0.407 e. The highest BCUT2D eigenvalue weighted by Gasteiger charge is 2.49. The first-order valence-electron chi connectivity index (χ1n) is 9.73. The number of fused-ring (bicyclic) bond motifs is 1. The minimum absolute atomic E-state index is 0.0211. The number of carbonyl (C=O) groups is 3. The summed E-state index contributed by atoms with van der Waals surface area (Å²) in [6.45, 7) is -0.168. The van der Waals surface area contributed by atoms with Gasteiger partial charge in [0.2, 0.25) is 5.91 Å². The molecular weight excluding hydrogens is 448 g/mol. The number of alkyl carbamates (subject to hydrolysis) is 1. The first-order chi connectivity index (χ1) is 15.1. The van der Waals surface area contributed by atoms with Crippen LogP contribution in [0.2, 0.25) is 5.02 Å². The van der Waals surface area contributed by atoms with Crippen LogP contribution in [0.4, 0.5) is 25.0 Å². The van der Waals surface area contributed by atoms with E-state index in [0.717, 1.165) is 23.1 Å². The van der Waals surface area contributed by atoms with Crippen LogP contribution in [0.25, 0.3) is 0 Å². The average Bonchev–Trinajstić information content (AvgIpc) is 3.00. The lowest BCUT2D eigenvalue weighted by Gasteiger charge is -2.24. The molecule has 1 atom stereocenters. The van der Waals surface area contributed by atoms with E-state index in [1.807, 2.05) is 0 Å². The van der Waals surface area contributed by atoms with Crippen LogP contribution < -0.4 is 15.5 Å². The topological polar surface area (TPSA) is 108 Å². The number of aliphatic hydroxyl groups is 1. The van der Waals surface area contributed by atoms with Crippen molar-refractivity contribution in [2.24, 2.45) is 0 Å². The van der Waals surface area contributed by atoms with E-state index in [0.29, 0.717) is 17.5 Å². The summed E-state index contributed by atoms with van der Waals surface area (Å²) in [5, 5.41) is 15.5. The molecule has 2 heterocycles. The number of halogens is 3. The zero-order chi connectivity index (χ0) is 23.0. The number of anilines is 2. The van der Waals surface area contributed by atoms with Crippen molar-refractivity contribution in [3.8, 4) is 0 Å². The number of aryl methyl sites for hydroxylation is 1. The van der Waals surface area contributed by atoms with Crippen LogP contribution >= 0.6 is 11.6 Å². The molecule has 8 nitrogen and oxygen atoms in total. The fourth-order valence-electron chi connectivity index (χ4n) is 3.69. The van der Waals surface area contributed by atoms with E-state index in [9.17, 15) is 28.3 Å². The van der Waals surface area contributed by atoms with Gasteiger partial charge in [0, 0.05) is 36.6 Å². The van der Waals surface area contributed by atoms with Crippen LogP contribution in [-0.2, 0) is 27.3 Å². The maximum atomic E-state index is 14.5. The number of carbonyl (C=O) groups excluding carboxylic acids is 3. The third-order valence-corrected chi connectivity index (χ3v) is 5.45. The van der Waals surface area contributed by atoms with Gasteiger partial charge in [-0.25, -0.2) is 13.6 Å². The van der Waals surface area contributed by atoms with Gasteiger partial charge in [0.05, 0.1) is 5.69 Å². The van der Waals surface area contributed by atoms with Crippen molar-refractivity contribution >= 4 is 40.9 Å². The van der Waals surface area contributed by atoms with E-state index in [-0.39, 0.29) is 48.2 Å². The summed E-state index contributed by atoms with van der Waals surface area (Å²) in [6.07, 6.45) is -0.836. The molecule has 168 valence electrons. The van der Waals surface area contributed by atoms with Crippen LogP contribution in [0.5, 0.6) is 0 Å². The molecule has 0 spiro atoms. The molecule has 1 fully saturated rings. The fraction of sp³-hybridized carbons (Fsp3) is 0.286. The molecule has 3 N–H and O–H groups in total. The Balaban J connectivity index is 1.43. The third kappa shape index (κ3) is 4.37. The van der Waals surface area contributed by atoms with Gasteiger partial charge in [-0.05, 0) is 47.9 Å². The van der Waals surface area contributed by atoms with Crippen LogP contribution in [0.1, 0.15) is 24.0 Å². The Bertz CT molecular complexity index is 1110. The number of benzene rings is 2. The van der Waals surface area contributed by atoms with Gasteiger partial charge in [-0.15, -0.1) is 0 Å². The summed E-state index contributed by atoms with van der Waals surface area (Å²) in [6, 6.07) is 6.33. The zero-order valence-electron chi connectivity index (χ0n) is 16.6. The van der Waals surface area contributed by atoms with Crippen molar-refractivity contribution < 1.29 is 33.0 Å². The van der Waals surface area contributed by atoms with E-state index >= 15 is 0 Å². The van der Waals surface area contributed by atoms with E-state index in [4.69, 9.17) is 16.3 Å². The molecule has 0 aromatic heterocycles. The molecule has 11 heteroatoms. The van der Waals surface area contributed by atoms with Crippen molar-refractivity contribution in [3.05, 3.63) is 58.1 Å². The largest absolute Gasteiger partial charge is 0.410 e. The molecule has 2 aromatic carbocycles. The zero-order valence-corrected chi connectivity index (χ0v) is 17.3. The molecule has 0 unspecified atom stereocenters. The molecular formula is C21H18ClF2N3O5. The molecule has 0 radical (unpaired) electrons. The van der Waals surface area contributed by atoms with Gasteiger partial charge in [0.25, 0.3) is 11.7 Å². The van der Waals surface area contributed by atoms with Crippen molar-refractivity contribution in [2.75, 3.05) is 16.8 Å². The van der Waals surface area contributed by atoms with E-state index in [1.54, 1.807) is 6.07 Å². The lowest BCUT2D eigenvalue weighted by Crippen LogP contribution is -2.46. The molecule has 0 saturated carbocycles. The number of hydrogen-bond acceptors (Lipinski definition) is 5. The quantitative estimate of drug-likeness (QED) is 0.602. The highest BCUT2D eigenvalue weighted by atomic mass is 35.5. The van der Waals surface area contributed by atoms with Gasteiger partial charge in [-0.3, -0.25) is 9.59 Å². The lowest BCUT2D eigenvalue weighted by molar-refractivity contribution is -0.175. The standard InChI is InChI=1S/C21H18ClF2N3O5/c22-13-5-11(6-14(23)8-13)10-25-20(30)32-21(31)3-4-27(19(21)29)15-7-12-1-2-17(28)26-18(12)16(24)9-15/h5-9,31H,1-4,10H2,(H,25,30)(H,26,28)/t21-/m0/s1. The lowest BCUT2D eigenvalue weighted by atomic mass is 10.0. The summed E-state index contributed by atoms with van der Waals surface area (Å²) in [4.78, 5) is 37.5. The second-order valence-electron chi connectivity index (χ2n) is 7.52. The van der Waals surface area contributed by atoms with Crippen LogP contribution in [0.3, 0.4) is 0 Å². The molecule has 32 heavy (non-hydrogen) atoms. The normalized spacial score (nSPS) is 20.1. The maximum absolute atomic E-state index is 14.5. The van der Waals surface area contributed by atoms with Crippen LogP contribution in [-0.4, -0.2) is 35.3 Å². The molecule has 0 aliphatic carbocycles. The highest BCUT2D eigenvalue weighted by Crippen LogP contribution is 2.35. The Kier molecular flexibility index (Phi) is 5.74. The maximum Gasteiger partial charge on any atom is 0.410 e. The number of nitrogens with one attached hydrogen (secondary N) is 2. The van der Waals surface area contributed by atoms with Gasteiger partial charge >= 0.3 is 6.09 Å². The Morgan fingerprint density at radius 3 is 2.75 bits per heavy atom. The first kappa shape index (κ1) is 22.0. The van der Waals surface area contributed by atoms with Crippen molar-refractivity contribution in [2.45, 2.75) is 31.6 Å². The number of ether oxygens (including phenoxy) is 1. The predicted octanol–water partition coefficient (Wildman–Crippen LogP) is 2.85. The van der Waals surface area contributed by atoms with Gasteiger partial charge in [0.1, 0.15) is 11.6 Å². The number of rotatable bonds is 4. The Morgan fingerprint density at radius 1 is 1.22 bits per heavy atom. The average molecular weight is 466 g/mol. The first-order valence-corrected chi connectivity index (χ1v) is 10.1. The van der Waals surface area contributed by atoms with Crippen LogP contribution in [0, 0.1) is 11.6 Å². The summed E-state index contributed by atoms with van der Waals surface area (Å²) in [5.74, 6) is -4.96. The molecule has 3 amide bonds. The molecule has 2 aromatic rings. The summed E-state index contributed by atoms with van der Waals surface area (Å²) in [5.41, 5.74) is 1.13. The Morgan fingerprint density at radius 2 is 2.00 bits per heavy atom. The van der Waals surface area contributed by atoms with Gasteiger partial charge in [-0.1, -0.05) is 11.6 Å². The smallest absolute Gasteiger partial charge is 0.407 e. The summed E-state index contributed by atoms with van der Waals surface area (Å²) < 4.78 is 32.8. The van der Waals surface area contributed by atoms with Gasteiger partial charge < -0.3 is 25.4 Å². The number of hydrogen-bond donors (Lipinski definition) is 3.